The van der Waals surface area contributed by atoms with Crippen LogP contribution in [0.1, 0.15) is 12.5 Å². The summed E-state index contributed by atoms with van der Waals surface area (Å²) in [5, 5.41) is 9.36. The van der Waals surface area contributed by atoms with E-state index < -0.39 is 10.3 Å². The van der Waals surface area contributed by atoms with E-state index in [2.05, 4.69) is 15.9 Å². The van der Waals surface area contributed by atoms with Gasteiger partial charge in [-0.1, -0.05) is 45.7 Å². The molecule has 2 nitrogen and oxygen atoms in total. The second-order valence-electron chi connectivity index (χ2n) is 2.79. The van der Waals surface area contributed by atoms with Crippen LogP contribution in [0, 0.1) is 0 Å². The Hall–Kier alpha value is -0.540. The first-order valence-electron chi connectivity index (χ1n) is 3.63. The monoisotopic (exact) mass is 262 g/mol. The molecule has 0 saturated heterocycles. The third-order valence-electron chi connectivity index (χ3n) is 1.78. The molecular weight excluding hydrogens is 255 g/mol. The molecule has 0 amide bonds. The van der Waals surface area contributed by atoms with Crippen LogP contribution in [0.25, 0.3) is 0 Å². The Morgan fingerprint density at radius 2 is 2.08 bits per heavy atom. The van der Waals surface area contributed by atoms with Crippen LogP contribution in [0.15, 0.2) is 24.3 Å². The van der Waals surface area contributed by atoms with Crippen LogP contribution in [0.4, 0.5) is 0 Å². The van der Waals surface area contributed by atoms with Crippen molar-refractivity contribution < 1.29 is 9.90 Å². The molecule has 70 valence electrons. The summed E-state index contributed by atoms with van der Waals surface area (Å²) in [6, 6.07) is 6.87. The van der Waals surface area contributed by atoms with E-state index in [0.29, 0.717) is 10.6 Å². The largest absolute Gasteiger partial charge is 0.480 e. The van der Waals surface area contributed by atoms with Crippen LogP contribution >= 0.6 is 27.5 Å². The lowest BCUT2D eigenvalue weighted by molar-refractivity contribution is -0.139. The molecule has 1 rings (SSSR count). The zero-order valence-corrected chi connectivity index (χ0v) is 9.26. The van der Waals surface area contributed by atoms with Crippen molar-refractivity contribution in [1.29, 1.82) is 0 Å². The van der Waals surface area contributed by atoms with Crippen molar-refractivity contribution in [3.8, 4) is 0 Å². The molecule has 0 aliphatic carbocycles. The fourth-order valence-electron chi connectivity index (χ4n) is 0.957. The number of carboxylic acids is 1. The van der Waals surface area contributed by atoms with Crippen molar-refractivity contribution in [3.63, 3.8) is 0 Å². The van der Waals surface area contributed by atoms with Crippen molar-refractivity contribution in [2.45, 2.75) is 11.2 Å². The highest BCUT2D eigenvalue weighted by Gasteiger charge is 2.33. The van der Waals surface area contributed by atoms with Gasteiger partial charge in [0.1, 0.15) is 4.32 Å². The van der Waals surface area contributed by atoms with Crippen LogP contribution < -0.4 is 0 Å². The molecule has 0 radical (unpaired) electrons. The first kappa shape index (κ1) is 10.5. The lowest BCUT2D eigenvalue weighted by Gasteiger charge is -2.18. The average Bonchev–Trinajstić information content (AvgIpc) is 2.04. The number of hydrogen-bond acceptors (Lipinski definition) is 1. The van der Waals surface area contributed by atoms with Crippen LogP contribution in [0.3, 0.4) is 0 Å². The van der Waals surface area contributed by atoms with Gasteiger partial charge in [0, 0.05) is 5.02 Å². The van der Waals surface area contributed by atoms with Gasteiger partial charge in [0.05, 0.1) is 0 Å². The zero-order valence-electron chi connectivity index (χ0n) is 6.92. The maximum atomic E-state index is 10.9. The standard InChI is InChI=1S/C9H8BrClO2/c1-9(10,8(12)13)6-4-2-3-5-7(6)11/h2-5H,1H3,(H,12,13). The van der Waals surface area contributed by atoms with Crippen LogP contribution in [0.2, 0.25) is 5.02 Å². The minimum atomic E-state index is -1.12. The van der Waals surface area contributed by atoms with E-state index in [1.807, 2.05) is 0 Å². The van der Waals surface area contributed by atoms with E-state index in [-0.39, 0.29) is 0 Å². The number of carboxylic acid groups (broad SMARTS) is 1. The van der Waals surface area contributed by atoms with E-state index in [0.717, 1.165) is 0 Å². The first-order valence-corrected chi connectivity index (χ1v) is 4.80. The third-order valence-corrected chi connectivity index (χ3v) is 2.88. The number of halogens is 2. The van der Waals surface area contributed by atoms with Gasteiger partial charge in [-0.2, -0.15) is 0 Å². The summed E-state index contributed by atoms with van der Waals surface area (Å²) < 4.78 is -1.12. The smallest absolute Gasteiger partial charge is 0.324 e. The van der Waals surface area contributed by atoms with Crippen molar-refractivity contribution in [2.75, 3.05) is 0 Å². The zero-order chi connectivity index (χ0) is 10.1. The molecular formula is C9H8BrClO2. The molecule has 0 saturated carbocycles. The van der Waals surface area contributed by atoms with Gasteiger partial charge >= 0.3 is 5.97 Å². The van der Waals surface area contributed by atoms with E-state index in [1.165, 1.54) is 0 Å². The SMILES string of the molecule is CC(Br)(C(=O)O)c1ccccc1Cl. The highest BCUT2D eigenvalue weighted by Crippen LogP contribution is 2.35. The Labute approximate surface area is 89.7 Å². The Morgan fingerprint density at radius 3 is 2.54 bits per heavy atom. The molecule has 1 aromatic carbocycles. The quantitative estimate of drug-likeness (QED) is 0.833. The summed E-state index contributed by atoms with van der Waals surface area (Å²) in [6.07, 6.45) is 0. The fourth-order valence-corrected chi connectivity index (χ4v) is 1.74. The number of aliphatic carboxylic acids is 1. The summed E-state index contributed by atoms with van der Waals surface area (Å²) >= 11 is 8.98. The summed E-state index contributed by atoms with van der Waals surface area (Å²) in [5.41, 5.74) is 0.559. The van der Waals surface area contributed by atoms with Gasteiger partial charge in [-0.25, -0.2) is 0 Å². The van der Waals surface area contributed by atoms with Crippen molar-refractivity contribution >= 4 is 33.5 Å². The van der Waals surface area contributed by atoms with E-state index in [4.69, 9.17) is 16.7 Å². The Bertz CT molecular complexity index is 336. The highest BCUT2D eigenvalue weighted by molar-refractivity contribution is 9.10. The Balaban J connectivity index is 3.22. The predicted octanol–water partition coefficient (Wildman–Crippen LogP) is 3.03. The normalized spacial score (nSPS) is 15.0. The molecule has 0 aliphatic rings. The van der Waals surface area contributed by atoms with E-state index in [9.17, 15) is 4.79 Å². The fraction of sp³-hybridized carbons (Fsp3) is 0.222. The molecule has 0 aliphatic heterocycles. The van der Waals surface area contributed by atoms with E-state index >= 15 is 0 Å². The molecule has 1 aromatic rings. The van der Waals surface area contributed by atoms with E-state index in [1.54, 1.807) is 31.2 Å². The van der Waals surface area contributed by atoms with Gasteiger partial charge in [-0.3, -0.25) is 4.79 Å². The maximum Gasteiger partial charge on any atom is 0.324 e. The molecule has 0 fully saturated rings. The predicted molar refractivity (Wildman–Crippen MR) is 55.4 cm³/mol. The summed E-state index contributed by atoms with van der Waals surface area (Å²) in [7, 11) is 0. The van der Waals surface area contributed by atoms with Crippen molar-refractivity contribution in [1.82, 2.24) is 0 Å². The second-order valence-corrected chi connectivity index (χ2v) is 4.78. The molecule has 1 N–H and O–H groups in total. The Morgan fingerprint density at radius 1 is 1.54 bits per heavy atom. The van der Waals surface area contributed by atoms with Gasteiger partial charge in [-0.05, 0) is 18.6 Å². The van der Waals surface area contributed by atoms with Crippen molar-refractivity contribution in [2.24, 2.45) is 0 Å². The number of benzene rings is 1. The summed E-state index contributed by atoms with van der Waals surface area (Å²) in [6.45, 7) is 1.55. The highest BCUT2D eigenvalue weighted by atomic mass is 79.9. The number of rotatable bonds is 2. The number of carbonyl (C=O) groups is 1. The summed E-state index contributed by atoms with van der Waals surface area (Å²) in [4.78, 5) is 10.9. The molecule has 0 bridgehead atoms. The van der Waals surface area contributed by atoms with Crippen LogP contribution in [-0.2, 0) is 9.12 Å². The molecule has 4 heteroatoms. The lowest BCUT2D eigenvalue weighted by Crippen LogP contribution is -2.25. The molecule has 1 unspecified atom stereocenters. The van der Waals surface area contributed by atoms with Crippen LogP contribution in [0.5, 0.6) is 0 Å². The summed E-state index contributed by atoms with van der Waals surface area (Å²) in [5.74, 6) is -0.958. The van der Waals surface area contributed by atoms with Gasteiger partial charge in [-0.15, -0.1) is 0 Å². The minimum Gasteiger partial charge on any atom is -0.480 e. The number of hydrogen-bond donors (Lipinski definition) is 1. The molecule has 13 heavy (non-hydrogen) atoms. The minimum absolute atomic E-state index is 0.448. The van der Waals surface area contributed by atoms with Gasteiger partial charge < -0.3 is 5.11 Å². The second kappa shape index (κ2) is 3.68. The third kappa shape index (κ3) is 2.03. The van der Waals surface area contributed by atoms with Gasteiger partial charge in [0.25, 0.3) is 0 Å². The topological polar surface area (TPSA) is 37.3 Å². The van der Waals surface area contributed by atoms with Crippen molar-refractivity contribution in [3.05, 3.63) is 34.9 Å². The molecule has 1 atom stereocenters. The Kier molecular flexibility index (Phi) is 2.98. The lowest BCUT2D eigenvalue weighted by atomic mass is 10.0. The first-order chi connectivity index (χ1) is 5.96. The maximum absolute atomic E-state index is 10.9. The van der Waals surface area contributed by atoms with Crippen LogP contribution in [-0.4, -0.2) is 11.1 Å². The van der Waals surface area contributed by atoms with Gasteiger partial charge in [0.2, 0.25) is 0 Å². The molecule has 0 spiro atoms. The molecule has 0 heterocycles. The molecule has 0 aromatic heterocycles. The number of alkyl halides is 1. The average molecular weight is 264 g/mol. The van der Waals surface area contributed by atoms with Gasteiger partial charge in [0.15, 0.2) is 0 Å².